The predicted octanol–water partition coefficient (Wildman–Crippen LogP) is 3.72. The number of hydrogen-bond acceptors (Lipinski definition) is 3. The van der Waals surface area contributed by atoms with Gasteiger partial charge in [-0.15, -0.1) is 13.2 Å². The lowest BCUT2D eigenvalue weighted by molar-refractivity contribution is -0.274. The number of alkyl halides is 3. The first-order valence-electron chi connectivity index (χ1n) is 7.51. The number of para-hydroxylation sites is 1. The van der Waals surface area contributed by atoms with Crippen molar-refractivity contribution in [2.24, 2.45) is 0 Å². The van der Waals surface area contributed by atoms with Crippen molar-refractivity contribution in [1.82, 2.24) is 4.98 Å². The Hall–Kier alpha value is -2.22. The molecular weight excluding hydrogens is 327 g/mol. The summed E-state index contributed by atoms with van der Waals surface area (Å²) in [4.78, 5) is 14.2. The average molecular weight is 343 g/mol. The first-order valence-corrected chi connectivity index (χ1v) is 7.51. The molecule has 1 aliphatic heterocycles. The van der Waals surface area contributed by atoms with Crippen LogP contribution in [0.1, 0.15) is 31.0 Å². The SMILES string of the molecule is CCC1(CC(=O)O)OCCc2c1[nH]c1c(OC(F)(F)F)cccc21. The van der Waals surface area contributed by atoms with Crippen molar-refractivity contribution in [3.63, 3.8) is 0 Å². The third kappa shape index (κ3) is 2.82. The minimum absolute atomic E-state index is 0.202. The van der Waals surface area contributed by atoms with E-state index in [0.29, 0.717) is 30.5 Å². The molecule has 3 rings (SSSR count). The van der Waals surface area contributed by atoms with Gasteiger partial charge in [0.15, 0.2) is 5.75 Å². The fraction of sp³-hybridized carbons (Fsp3) is 0.438. The van der Waals surface area contributed by atoms with E-state index in [4.69, 9.17) is 4.74 Å². The number of carbonyl (C=O) groups is 1. The maximum absolute atomic E-state index is 12.6. The van der Waals surface area contributed by atoms with E-state index >= 15 is 0 Å². The smallest absolute Gasteiger partial charge is 0.481 e. The number of halogens is 3. The predicted molar refractivity (Wildman–Crippen MR) is 78.9 cm³/mol. The van der Waals surface area contributed by atoms with Crippen LogP contribution >= 0.6 is 0 Å². The van der Waals surface area contributed by atoms with Gasteiger partial charge < -0.3 is 19.6 Å². The van der Waals surface area contributed by atoms with Gasteiger partial charge in [-0.2, -0.15) is 0 Å². The fourth-order valence-corrected chi connectivity index (χ4v) is 3.31. The lowest BCUT2D eigenvalue weighted by Gasteiger charge is -2.35. The number of rotatable bonds is 4. The summed E-state index contributed by atoms with van der Waals surface area (Å²) in [5.74, 6) is -1.37. The summed E-state index contributed by atoms with van der Waals surface area (Å²) in [5, 5.41) is 9.80. The van der Waals surface area contributed by atoms with E-state index in [1.165, 1.54) is 12.1 Å². The van der Waals surface area contributed by atoms with E-state index in [1.54, 1.807) is 13.0 Å². The third-order valence-corrected chi connectivity index (χ3v) is 4.32. The van der Waals surface area contributed by atoms with Gasteiger partial charge in [0.2, 0.25) is 0 Å². The molecule has 1 aromatic carbocycles. The molecule has 1 unspecified atom stereocenters. The molecule has 2 aromatic rings. The van der Waals surface area contributed by atoms with Crippen molar-refractivity contribution in [2.75, 3.05) is 6.61 Å². The van der Waals surface area contributed by atoms with Gasteiger partial charge in [-0.25, -0.2) is 0 Å². The molecule has 130 valence electrons. The summed E-state index contributed by atoms with van der Waals surface area (Å²) >= 11 is 0. The molecule has 1 aromatic heterocycles. The molecule has 0 spiro atoms. The van der Waals surface area contributed by atoms with Crippen LogP contribution in [0.15, 0.2) is 18.2 Å². The second-order valence-electron chi connectivity index (χ2n) is 5.72. The molecule has 0 saturated carbocycles. The highest BCUT2D eigenvalue weighted by molar-refractivity contribution is 5.90. The summed E-state index contributed by atoms with van der Waals surface area (Å²) in [7, 11) is 0. The van der Waals surface area contributed by atoms with Gasteiger partial charge in [-0.05, 0) is 24.5 Å². The van der Waals surface area contributed by atoms with Crippen molar-refractivity contribution >= 4 is 16.9 Å². The lowest BCUT2D eigenvalue weighted by Crippen LogP contribution is -2.37. The molecule has 0 amide bonds. The monoisotopic (exact) mass is 343 g/mol. The Balaban J connectivity index is 2.18. The molecule has 2 heterocycles. The van der Waals surface area contributed by atoms with Gasteiger partial charge in [0.1, 0.15) is 5.60 Å². The van der Waals surface area contributed by atoms with E-state index in [2.05, 4.69) is 9.72 Å². The lowest BCUT2D eigenvalue weighted by atomic mass is 9.86. The highest BCUT2D eigenvalue weighted by Crippen LogP contribution is 2.43. The number of carboxylic acid groups (broad SMARTS) is 1. The van der Waals surface area contributed by atoms with Crippen molar-refractivity contribution < 1.29 is 32.5 Å². The van der Waals surface area contributed by atoms with Crippen molar-refractivity contribution in [2.45, 2.75) is 38.1 Å². The van der Waals surface area contributed by atoms with E-state index in [9.17, 15) is 23.1 Å². The Morgan fingerprint density at radius 1 is 1.46 bits per heavy atom. The van der Waals surface area contributed by atoms with E-state index in [-0.39, 0.29) is 17.7 Å². The summed E-state index contributed by atoms with van der Waals surface area (Å²) < 4.78 is 47.6. The topological polar surface area (TPSA) is 71.5 Å². The highest BCUT2D eigenvalue weighted by Gasteiger charge is 2.41. The number of aromatic amines is 1. The first-order chi connectivity index (χ1) is 11.3. The molecule has 2 N–H and O–H groups in total. The molecule has 0 aliphatic carbocycles. The van der Waals surface area contributed by atoms with Crippen molar-refractivity contribution in [1.29, 1.82) is 0 Å². The zero-order chi connectivity index (χ0) is 17.5. The van der Waals surface area contributed by atoms with Gasteiger partial charge in [0.25, 0.3) is 0 Å². The maximum atomic E-state index is 12.6. The Bertz CT molecular complexity index is 783. The van der Waals surface area contributed by atoms with Crippen LogP contribution < -0.4 is 4.74 Å². The molecule has 0 bridgehead atoms. The van der Waals surface area contributed by atoms with Gasteiger partial charge in [0.05, 0.1) is 24.2 Å². The Kier molecular flexibility index (Phi) is 3.95. The van der Waals surface area contributed by atoms with Crippen LogP contribution in [-0.4, -0.2) is 29.0 Å². The molecule has 0 fully saturated rings. The molecule has 0 saturated heterocycles. The maximum Gasteiger partial charge on any atom is 0.573 e. The molecule has 1 aliphatic rings. The van der Waals surface area contributed by atoms with Crippen LogP contribution in [0, 0.1) is 0 Å². The summed E-state index contributed by atoms with van der Waals surface area (Å²) in [6.45, 7) is 2.10. The number of nitrogens with one attached hydrogen (secondary N) is 1. The second-order valence-corrected chi connectivity index (χ2v) is 5.72. The normalized spacial score (nSPS) is 20.8. The van der Waals surface area contributed by atoms with E-state index in [1.807, 2.05) is 0 Å². The summed E-state index contributed by atoms with van der Waals surface area (Å²) in [6, 6.07) is 4.40. The molecule has 0 radical (unpaired) electrons. The van der Waals surface area contributed by atoms with Crippen LogP contribution in [0.2, 0.25) is 0 Å². The van der Waals surface area contributed by atoms with Gasteiger partial charge >= 0.3 is 12.3 Å². The quantitative estimate of drug-likeness (QED) is 0.888. The molecule has 5 nitrogen and oxygen atoms in total. The zero-order valence-corrected chi connectivity index (χ0v) is 12.9. The van der Waals surface area contributed by atoms with Crippen LogP contribution in [-0.2, 0) is 21.6 Å². The third-order valence-electron chi connectivity index (χ3n) is 4.32. The average Bonchev–Trinajstić information content (AvgIpc) is 2.87. The number of aromatic nitrogens is 1. The number of fused-ring (bicyclic) bond motifs is 3. The van der Waals surface area contributed by atoms with Crippen LogP contribution in [0.4, 0.5) is 13.2 Å². The Labute approximate surface area is 135 Å². The molecule has 1 atom stereocenters. The van der Waals surface area contributed by atoms with Crippen LogP contribution in [0.3, 0.4) is 0 Å². The minimum Gasteiger partial charge on any atom is -0.481 e. The largest absolute Gasteiger partial charge is 0.573 e. The van der Waals surface area contributed by atoms with Gasteiger partial charge in [0, 0.05) is 5.39 Å². The molecular formula is C16H16F3NO4. The van der Waals surface area contributed by atoms with Gasteiger partial charge in [-0.3, -0.25) is 4.79 Å². The van der Waals surface area contributed by atoms with Crippen molar-refractivity contribution in [3.05, 3.63) is 29.5 Å². The van der Waals surface area contributed by atoms with E-state index < -0.39 is 17.9 Å². The van der Waals surface area contributed by atoms with Crippen LogP contribution in [0.5, 0.6) is 5.75 Å². The van der Waals surface area contributed by atoms with Gasteiger partial charge in [-0.1, -0.05) is 19.1 Å². The number of ether oxygens (including phenoxy) is 2. The fourth-order valence-electron chi connectivity index (χ4n) is 3.31. The highest BCUT2D eigenvalue weighted by atomic mass is 19.4. The minimum atomic E-state index is -4.81. The van der Waals surface area contributed by atoms with Crippen molar-refractivity contribution in [3.8, 4) is 5.75 Å². The summed E-state index contributed by atoms with van der Waals surface area (Å²) in [6.07, 6.45) is -4.20. The number of benzene rings is 1. The second kappa shape index (κ2) is 5.70. The van der Waals surface area contributed by atoms with Crippen LogP contribution in [0.25, 0.3) is 10.9 Å². The zero-order valence-electron chi connectivity index (χ0n) is 12.9. The number of carboxylic acids is 1. The number of H-pyrrole nitrogens is 1. The first kappa shape index (κ1) is 16.6. The summed E-state index contributed by atoms with van der Waals surface area (Å²) in [5.41, 5.74) is 0.431. The Morgan fingerprint density at radius 3 is 2.83 bits per heavy atom. The molecule has 24 heavy (non-hydrogen) atoms. The number of aliphatic carboxylic acids is 1. The standard InChI is InChI=1S/C16H16F3NO4/c1-2-15(8-12(21)22)14-10(6-7-23-15)9-4-3-5-11(13(9)20-14)24-16(17,18)19/h3-5,20H,2,6-8H2,1H3,(H,21,22). The Morgan fingerprint density at radius 2 is 2.21 bits per heavy atom. The van der Waals surface area contributed by atoms with E-state index in [0.717, 1.165) is 5.56 Å². The molecule has 8 heteroatoms. The number of hydrogen-bond donors (Lipinski definition) is 2.